The Kier molecular flexibility index (Phi) is 4.05. The lowest BCUT2D eigenvalue weighted by atomic mass is 10.1. The summed E-state index contributed by atoms with van der Waals surface area (Å²) in [6.45, 7) is 2.61. The molecule has 0 atom stereocenters. The first-order valence-corrected chi connectivity index (χ1v) is 10.6. The van der Waals surface area contributed by atoms with Gasteiger partial charge in [0.25, 0.3) is 0 Å². The number of rotatable bonds is 5. The minimum Gasteiger partial charge on any atom is -0.373 e. The quantitative estimate of drug-likeness (QED) is 0.652. The Morgan fingerprint density at radius 2 is 2.00 bits per heavy atom. The van der Waals surface area contributed by atoms with Crippen molar-refractivity contribution in [2.24, 2.45) is 5.92 Å². The molecule has 6 rings (SSSR count). The van der Waals surface area contributed by atoms with Crippen LogP contribution in [0, 0.1) is 5.92 Å². The number of pyridine rings is 2. The number of carbonyl (C=O) groups is 1. The number of hydrogen-bond acceptors (Lipinski definition) is 8. The van der Waals surface area contributed by atoms with Crippen LogP contribution >= 0.6 is 0 Å². The summed E-state index contributed by atoms with van der Waals surface area (Å²) >= 11 is 0. The van der Waals surface area contributed by atoms with E-state index in [1.807, 2.05) is 36.4 Å². The lowest BCUT2D eigenvalue weighted by molar-refractivity contribution is -0.117. The highest BCUT2D eigenvalue weighted by atomic mass is 16.2. The molecule has 5 heterocycles. The fourth-order valence-electron chi connectivity index (χ4n) is 3.93. The Morgan fingerprint density at radius 1 is 1.13 bits per heavy atom. The summed E-state index contributed by atoms with van der Waals surface area (Å²) in [6, 6.07) is 1.92. The van der Waals surface area contributed by atoms with Crippen molar-refractivity contribution in [1.82, 2.24) is 24.7 Å². The Labute approximate surface area is 179 Å². The molecule has 10 nitrogen and oxygen atoms in total. The minimum atomic E-state index is 0.0424. The maximum absolute atomic E-state index is 12.2. The average molecular weight is 417 g/mol. The van der Waals surface area contributed by atoms with Crippen LogP contribution in [0.5, 0.6) is 0 Å². The fraction of sp³-hybridized carbons (Fsp3) is 0.381. The summed E-state index contributed by atoms with van der Waals surface area (Å²) in [5.74, 6) is 3.14. The zero-order valence-electron chi connectivity index (χ0n) is 17.2. The van der Waals surface area contributed by atoms with Crippen LogP contribution in [0.25, 0.3) is 17.0 Å². The molecule has 1 aliphatic carbocycles. The van der Waals surface area contributed by atoms with E-state index in [1.54, 1.807) is 6.20 Å². The van der Waals surface area contributed by atoms with Crippen LogP contribution in [0.4, 0.5) is 23.3 Å². The maximum Gasteiger partial charge on any atom is 0.245 e. The fourth-order valence-corrected chi connectivity index (χ4v) is 3.93. The predicted octanol–water partition coefficient (Wildman–Crippen LogP) is 2.27. The monoisotopic (exact) mass is 417 g/mol. The molecular formula is C21H23N9O. The predicted molar refractivity (Wildman–Crippen MR) is 119 cm³/mol. The summed E-state index contributed by atoms with van der Waals surface area (Å²) in [4.78, 5) is 30.3. The van der Waals surface area contributed by atoms with Crippen LogP contribution in [0.3, 0.4) is 0 Å². The highest BCUT2D eigenvalue weighted by molar-refractivity contribution is 6.03. The second kappa shape index (κ2) is 6.93. The molecule has 3 aromatic rings. The van der Waals surface area contributed by atoms with Gasteiger partial charge in [-0.3, -0.25) is 4.79 Å². The van der Waals surface area contributed by atoms with Gasteiger partial charge in [-0.1, -0.05) is 0 Å². The van der Waals surface area contributed by atoms with Crippen molar-refractivity contribution >= 4 is 46.2 Å². The zero-order valence-corrected chi connectivity index (χ0v) is 17.2. The van der Waals surface area contributed by atoms with Gasteiger partial charge in [-0.05, 0) is 25.3 Å². The molecule has 2 aliphatic heterocycles. The van der Waals surface area contributed by atoms with Crippen LogP contribution in [0.2, 0.25) is 0 Å². The molecule has 10 heteroatoms. The van der Waals surface area contributed by atoms with Gasteiger partial charge >= 0.3 is 0 Å². The standard InChI is InChI=1S/C21H23N9O/c1-22-19-15-10-23-17(25-20(31)13-3-4-13)9-14(15)16(11-24-19)29-7-8-30-18(12-29)26-21(27-30)28-5-2-6-28/h7-11,13H,2-6,12H2,1H3,(H,22,24)(H,23,25,31). The van der Waals surface area contributed by atoms with E-state index in [2.05, 4.69) is 35.5 Å². The van der Waals surface area contributed by atoms with Gasteiger partial charge in [0.05, 0.1) is 18.4 Å². The summed E-state index contributed by atoms with van der Waals surface area (Å²) < 4.78 is 1.84. The van der Waals surface area contributed by atoms with Crippen LogP contribution in [-0.4, -0.2) is 50.8 Å². The van der Waals surface area contributed by atoms with E-state index in [9.17, 15) is 4.79 Å². The third-order valence-corrected chi connectivity index (χ3v) is 6.03. The number of fused-ring (bicyclic) bond motifs is 2. The second-order valence-electron chi connectivity index (χ2n) is 8.16. The van der Waals surface area contributed by atoms with Gasteiger partial charge in [0.2, 0.25) is 11.9 Å². The third kappa shape index (κ3) is 3.15. The lowest BCUT2D eigenvalue weighted by Gasteiger charge is -2.29. The van der Waals surface area contributed by atoms with Gasteiger partial charge in [0.15, 0.2) is 5.82 Å². The van der Waals surface area contributed by atoms with Crippen molar-refractivity contribution in [1.29, 1.82) is 0 Å². The average Bonchev–Trinajstić information content (AvgIpc) is 3.51. The number of hydrogen-bond donors (Lipinski definition) is 2. The first-order valence-electron chi connectivity index (χ1n) is 10.6. The van der Waals surface area contributed by atoms with E-state index in [1.165, 1.54) is 6.42 Å². The Hall–Kier alpha value is -3.69. The SMILES string of the molecule is CNc1ncc(N2C=Cn3nc(N4CCC4)nc3C2)c2cc(NC(=O)C3CC3)ncc12. The van der Waals surface area contributed by atoms with E-state index in [-0.39, 0.29) is 11.8 Å². The van der Waals surface area contributed by atoms with Crippen molar-refractivity contribution in [3.63, 3.8) is 0 Å². The van der Waals surface area contributed by atoms with E-state index in [0.717, 1.165) is 60.0 Å². The summed E-state index contributed by atoms with van der Waals surface area (Å²) in [6.07, 6.45) is 10.6. The van der Waals surface area contributed by atoms with Gasteiger partial charge in [-0.25, -0.2) is 14.6 Å². The molecule has 31 heavy (non-hydrogen) atoms. The molecule has 0 spiro atoms. The van der Waals surface area contributed by atoms with E-state index < -0.39 is 0 Å². The summed E-state index contributed by atoms with van der Waals surface area (Å²) in [5, 5.41) is 12.5. The largest absolute Gasteiger partial charge is 0.373 e. The number of nitrogens with one attached hydrogen (secondary N) is 2. The molecule has 2 N–H and O–H groups in total. The molecule has 0 aromatic carbocycles. The highest BCUT2D eigenvalue weighted by Gasteiger charge is 2.30. The van der Waals surface area contributed by atoms with Gasteiger partial charge in [0, 0.05) is 55.4 Å². The molecular weight excluding hydrogens is 394 g/mol. The van der Waals surface area contributed by atoms with Crippen LogP contribution in [0.1, 0.15) is 25.1 Å². The lowest BCUT2D eigenvalue weighted by Crippen LogP contribution is -2.37. The second-order valence-corrected chi connectivity index (χ2v) is 8.16. The smallest absolute Gasteiger partial charge is 0.245 e. The zero-order chi connectivity index (χ0) is 20.9. The molecule has 0 bridgehead atoms. The topological polar surface area (TPSA) is 104 Å². The van der Waals surface area contributed by atoms with Crippen molar-refractivity contribution in [3.8, 4) is 0 Å². The number of amides is 1. The highest BCUT2D eigenvalue weighted by Crippen LogP contribution is 2.35. The Bertz CT molecular complexity index is 1210. The minimum absolute atomic E-state index is 0.0424. The molecule has 1 saturated heterocycles. The molecule has 0 unspecified atom stereocenters. The molecule has 158 valence electrons. The van der Waals surface area contributed by atoms with E-state index in [4.69, 9.17) is 4.98 Å². The molecule has 1 saturated carbocycles. The van der Waals surface area contributed by atoms with Gasteiger partial charge in [-0.2, -0.15) is 4.98 Å². The number of anilines is 4. The van der Waals surface area contributed by atoms with Crippen molar-refractivity contribution in [3.05, 3.63) is 30.5 Å². The van der Waals surface area contributed by atoms with Gasteiger partial charge in [0.1, 0.15) is 11.6 Å². The van der Waals surface area contributed by atoms with E-state index >= 15 is 0 Å². The maximum atomic E-state index is 12.2. The third-order valence-electron chi connectivity index (χ3n) is 6.03. The molecule has 0 radical (unpaired) electrons. The van der Waals surface area contributed by atoms with Gasteiger partial charge in [-0.15, -0.1) is 5.10 Å². The molecule has 3 aliphatic rings. The number of nitrogens with zero attached hydrogens (tertiary/aromatic N) is 7. The number of aromatic nitrogens is 5. The molecule has 1 amide bonds. The van der Waals surface area contributed by atoms with Gasteiger partial charge < -0.3 is 20.4 Å². The molecule has 2 fully saturated rings. The first-order chi connectivity index (χ1) is 15.2. The van der Waals surface area contributed by atoms with Crippen molar-refractivity contribution in [2.45, 2.75) is 25.8 Å². The van der Waals surface area contributed by atoms with E-state index in [0.29, 0.717) is 12.4 Å². The van der Waals surface area contributed by atoms with Crippen LogP contribution in [-0.2, 0) is 11.3 Å². The first kappa shape index (κ1) is 18.1. The summed E-state index contributed by atoms with van der Waals surface area (Å²) in [7, 11) is 1.84. The Morgan fingerprint density at radius 3 is 2.74 bits per heavy atom. The number of carbonyl (C=O) groups excluding carboxylic acids is 1. The van der Waals surface area contributed by atoms with Crippen molar-refractivity contribution < 1.29 is 4.79 Å². The summed E-state index contributed by atoms with van der Waals surface area (Å²) in [5.41, 5.74) is 0.925. The Balaban J connectivity index is 1.36. The normalized spacial score (nSPS) is 17.5. The molecule has 3 aromatic heterocycles. The van der Waals surface area contributed by atoms with Crippen molar-refractivity contribution in [2.75, 3.05) is 40.6 Å². The van der Waals surface area contributed by atoms with Crippen LogP contribution < -0.4 is 20.4 Å². The van der Waals surface area contributed by atoms with Crippen LogP contribution in [0.15, 0.2) is 24.7 Å².